The van der Waals surface area contributed by atoms with Gasteiger partial charge in [0.25, 0.3) is 11.8 Å². The molecule has 1 aliphatic carbocycles. The van der Waals surface area contributed by atoms with Crippen molar-refractivity contribution < 1.29 is 14.0 Å². The van der Waals surface area contributed by atoms with Gasteiger partial charge in [0.2, 0.25) is 0 Å². The molecular weight excluding hydrogens is 416 g/mol. The van der Waals surface area contributed by atoms with Crippen molar-refractivity contribution in [3.8, 4) is 0 Å². The van der Waals surface area contributed by atoms with Crippen LogP contribution in [0.1, 0.15) is 64.3 Å². The molecule has 4 aliphatic rings. The number of hydrogen-bond donors (Lipinski definition) is 2. The van der Waals surface area contributed by atoms with Crippen molar-refractivity contribution in [2.45, 2.75) is 51.2 Å². The molecule has 1 aromatic heterocycles. The van der Waals surface area contributed by atoms with Crippen LogP contribution in [0.25, 0.3) is 0 Å². The lowest BCUT2D eigenvalue weighted by Gasteiger charge is -2.41. The first kappa shape index (κ1) is 20.8. The van der Waals surface area contributed by atoms with Crippen LogP contribution < -0.4 is 10.6 Å². The number of amides is 2. The number of benzene rings is 1. The largest absolute Gasteiger partial charge is 0.456 e. The Morgan fingerprint density at radius 2 is 1.97 bits per heavy atom. The number of piperidine rings is 1. The average Bonchev–Trinajstić information content (AvgIpc) is 3.50. The normalized spacial score (nSPS) is 29.0. The number of anilines is 1. The van der Waals surface area contributed by atoms with Gasteiger partial charge in [-0.3, -0.25) is 14.5 Å². The Morgan fingerprint density at radius 3 is 2.82 bits per heavy atom. The highest BCUT2D eigenvalue weighted by molar-refractivity contribution is 6.02. The zero-order valence-electron chi connectivity index (χ0n) is 19.2. The number of para-hydroxylation sites is 1. The molecule has 3 fully saturated rings. The van der Waals surface area contributed by atoms with E-state index >= 15 is 0 Å². The van der Waals surface area contributed by atoms with Gasteiger partial charge in [-0.2, -0.15) is 0 Å². The van der Waals surface area contributed by atoms with Crippen molar-refractivity contribution in [1.29, 1.82) is 0 Å². The molecule has 7 nitrogen and oxygen atoms in total. The van der Waals surface area contributed by atoms with Gasteiger partial charge >= 0.3 is 0 Å². The van der Waals surface area contributed by atoms with Crippen LogP contribution in [0.15, 0.2) is 34.7 Å². The van der Waals surface area contributed by atoms with Gasteiger partial charge in [0.1, 0.15) is 11.4 Å². The minimum atomic E-state index is -0.483. The zero-order valence-corrected chi connectivity index (χ0v) is 19.2. The Balaban J connectivity index is 1.18. The van der Waals surface area contributed by atoms with Gasteiger partial charge < -0.3 is 20.0 Å². The molecule has 7 heteroatoms. The van der Waals surface area contributed by atoms with E-state index in [1.165, 1.54) is 19.3 Å². The molecule has 2 saturated heterocycles. The second-order valence-electron chi connectivity index (χ2n) is 10.2. The SMILES string of the molecule is Cc1oc(C(=O)N2C[C@H]3CC[C@]4(NC(=O)c5ccccc5N4)[C@H]3C2)cc1CN1CCCCC1. The van der Waals surface area contributed by atoms with E-state index in [4.69, 9.17) is 4.42 Å². The highest BCUT2D eigenvalue weighted by Crippen LogP contribution is 2.47. The van der Waals surface area contributed by atoms with Crippen molar-refractivity contribution in [2.24, 2.45) is 11.8 Å². The first-order valence-electron chi connectivity index (χ1n) is 12.3. The highest BCUT2D eigenvalue weighted by atomic mass is 16.4. The number of furan rings is 1. The molecule has 1 saturated carbocycles. The molecule has 33 heavy (non-hydrogen) atoms. The number of fused-ring (bicyclic) bond motifs is 3. The summed E-state index contributed by atoms with van der Waals surface area (Å²) in [6.07, 6.45) is 5.67. The van der Waals surface area contributed by atoms with Gasteiger partial charge in [-0.1, -0.05) is 18.6 Å². The van der Waals surface area contributed by atoms with E-state index in [1.54, 1.807) is 0 Å². The number of likely N-dealkylation sites (tertiary alicyclic amines) is 2. The molecule has 2 amide bonds. The number of rotatable bonds is 3. The van der Waals surface area contributed by atoms with E-state index in [2.05, 4.69) is 15.5 Å². The summed E-state index contributed by atoms with van der Waals surface area (Å²) in [5.41, 5.74) is 2.21. The molecule has 0 unspecified atom stereocenters. The Labute approximate surface area is 194 Å². The van der Waals surface area contributed by atoms with Crippen LogP contribution in [0.3, 0.4) is 0 Å². The predicted octanol–water partition coefficient (Wildman–Crippen LogP) is 3.61. The van der Waals surface area contributed by atoms with Crippen molar-refractivity contribution in [3.05, 3.63) is 53.0 Å². The summed E-state index contributed by atoms with van der Waals surface area (Å²) in [7, 11) is 0. The summed E-state index contributed by atoms with van der Waals surface area (Å²) in [5, 5.41) is 6.89. The minimum Gasteiger partial charge on any atom is -0.456 e. The summed E-state index contributed by atoms with van der Waals surface area (Å²) in [5.74, 6) is 1.78. The molecular formula is C26H32N4O3. The summed E-state index contributed by atoms with van der Waals surface area (Å²) in [6, 6.07) is 9.61. The van der Waals surface area contributed by atoms with Crippen LogP contribution in [-0.2, 0) is 6.54 Å². The third kappa shape index (κ3) is 3.53. The monoisotopic (exact) mass is 448 g/mol. The van der Waals surface area contributed by atoms with E-state index in [9.17, 15) is 9.59 Å². The third-order valence-corrected chi connectivity index (χ3v) is 8.21. The lowest BCUT2D eigenvalue weighted by molar-refractivity contribution is 0.0736. The summed E-state index contributed by atoms with van der Waals surface area (Å²) in [4.78, 5) is 30.6. The molecule has 0 radical (unpaired) electrons. The van der Waals surface area contributed by atoms with E-state index in [-0.39, 0.29) is 17.7 Å². The lowest BCUT2D eigenvalue weighted by atomic mass is 9.89. The maximum absolute atomic E-state index is 13.4. The second-order valence-corrected chi connectivity index (χ2v) is 10.2. The molecule has 2 N–H and O–H groups in total. The number of carbonyl (C=O) groups excluding carboxylic acids is 2. The molecule has 174 valence electrons. The molecule has 1 spiro atoms. The van der Waals surface area contributed by atoms with Crippen molar-refractivity contribution in [3.63, 3.8) is 0 Å². The topological polar surface area (TPSA) is 77.8 Å². The van der Waals surface area contributed by atoms with Crippen molar-refractivity contribution in [2.75, 3.05) is 31.5 Å². The van der Waals surface area contributed by atoms with E-state index in [0.29, 0.717) is 30.3 Å². The van der Waals surface area contributed by atoms with Crippen LogP contribution in [-0.4, -0.2) is 53.5 Å². The average molecular weight is 449 g/mol. The highest BCUT2D eigenvalue weighted by Gasteiger charge is 2.55. The fraction of sp³-hybridized carbons (Fsp3) is 0.538. The van der Waals surface area contributed by atoms with Crippen LogP contribution in [0.5, 0.6) is 0 Å². The van der Waals surface area contributed by atoms with Crippen LogP contribution >= 0.6 is 0 Å². The first-order chi connectivity index (χ1) is 16.0. The van der Waals surface area contributed by atoms with Crippen LogP contribution in [0, 0.1) is 18.8 Å². The van der Waals surface area contributed by atoms with Gasteiger partial charge in [-0.05, 0) is 69.8 Å². The van der Waals surface area contributed by atoms with Crippen LogP contribution in [0.4, 0.5) is 5.69 Å². The quantitative estimate of drug-likeness (QED) is 0.750. The summed E-state index contributed by atoms with van der Waals surface area (Å²) in [6.45, 7) is 6.39. The van der Waals surface area contributed by atoms with Gasteiger partial charge in [0.15, 0.2) is 5.76 Å². The fourth-order valence-electron chi connectivity index (χ4n) is 6.42. The number of nitrogens with zero attached hydrogens (tertiary/aromatic N) is 2. The molecule has 4 heterocycles. The van der Waals surface area contributed by atoms with E-state index in [0.717, 1.165) is 49.5 Å². The fourth-order valence-corrected chi connectivity index (χ4v) is 6.42. The van der Waals surface area contributed by atoms with E-state index < -0.39 is 5.66 Å². The number of hydrogen-bond acceptors (Lipinski definition) is 5. The molecule has 1 aromatic carbocycles. The van der Waals surface area contributed by atoms with Gasteiger partial charge in [-0.25, -0.2) is 0 Å². The molecule has 3 aliphatic heterocycles. The lowest BCUT2D eigenvalue weighted by Crippen LogP contribution is -2.61. The Bertz CT molecular complexity index is 1090. The number of aryl methyl sites for hydroxylation is 1. The second kappa shape index (κ2) is 7.90. The maximum atomic E-state index is 13.4. The Morgan fingerprint density at radius 1 is 1.15 bits per heavy atom. The number of nitrogens with one attached hydrogen (secondary N) is 2. The Hall–Kier alpha value is -2.80. The number of carbonyl (C=O) groups is 2. The van der Waals surface area contributed by atoms with Gasteiger partial charge in [-0.15, -0.1) is 0 Å². The standard InChI is InChI=1S/C26H32N4O3/c1-17-19(14-29-11-5-2-6-12-29)13-23(33-17)25(32)30-15-18-9-10-26(21(18)16-30)27-22-8-4-3-7-20(22)24(31)28-26/h3-4,7-8,13,18,21,27H,2,5-6,9-12,14-16H2,1H3,(H,28,31)/t18-,21+,26+/m1/s1. The van der Waals surface area contributed by atoms with E-state index in [1.807, 2.05) is 42.2 Å². The molecule has 6 rings (SSSR count). The molecule has 0 bridgehead atoms. The van der Waals surface area contributed by atoms with Crippen LogP contribution in [0.2, 0.25) is 0 Å². The van der Waals surface area contributed by atoms with Crippen molar-refractivity contribution >= 4 is 17.5 Å². The Kier molecular flexibility index (Phi) is 4.98. The van der Waals surface area contributed by atoms with Gasteiger partial charge in [0.05, 0.1) is 5.56 Å². The zero-order chi connectivity index (χ0) is 22.6. The molecule has 3 atom stereocenters. The first-order valence-corrected chi connectivity index (χ1v) is 12.3. The van der Waals surface area contributed by atoms with Crippen molar-refractivity contribution in [1.82, 2.24) is 15.1 Å². The van der Waals surface area contributed by atoms with Gasteiger partial charge in [0, 0.05) is 36.8 Å². The predicted molar refractivity (Wildman–Crippen MR) is 125 cm³/mol. The molecule has 2 aromatic rings. The maximum Gasteiger partial charge on any atom is 0.289 e. The third-order valence-electron chi connectivity index (χ3n) is 8.21. The summed E-state index contributed by atoms with van der Waals surface area (Å²) >= 11 is 0. The smallest absolute Gasteiger partial charge is 0.289 e. The minimum absolute atomic E-state index is 0.0289. The summed E-state index contributed by atoms with van der Waals surface area (Å²) < 4.78 is 5.95.